The second-order valence-corrected chi connectivity index (χ2v) is 5.11. The number of rotatable bonds is 3. The zero-order chi connectivity index (χ0) is 13.8. The summed E-state index contributed by atoms with van der Waals surface area (Å²) in [4.78, 5) is 2.34. The smallest absolute Gasteiger partial charge is 0.0461 e. The summed E-state index contributed by atoms with van der Waals surface area (Å²) in [7, 11) is 0. The summed E-state index contributed by atoms with van der Waals surface area (Å²) in [6, 6.07) is 21.1. The zero-order valence-electron chi connectivity index (χ0n) is 11.8. The van der Waals surface area contributed by atoms with Crippen LogP contribution in [0.15, 0.2) is 84.1 Å². The molecule has 20 heavy (non-hydrogen) atoms. The van der Waals surface area contributed by atoms with Crippen molar-refractivity contribution in [3.63, 3.8) is 0 Å². The van der Waals surface area contributed by atoms with Crippen LogP contribution in [0.1, 0.15) is 19.8 Å². The van der Waals surface area contributed by atoms with Crippen molar-refractivity contribution >= 4 is 11.4 Å². The molecule has 0 bridgehead atoms. The number of nitrogens with zero attached hydrogens (tertiary/aromatic N) is 1. The van der Waals surface area contributed by atoms with Gasteiger partial charge in [0.2, 0.25) is 0 Å². The molecule has 0 fully saturated rings. The maximum atomic E-state index is 2.34. The van der Waals surface area contributed by atoms with E-state index >= 15 is 0 Å². The van der Waals surface area contributed by atoms with Gasteiger partial charge in [0.05, 0.1) is 0 Å². The molecule has 2 aromatic carbocycles. The summed E-state index contributed by atoms with van der Waals surface area (Å²) < 4.78 is 0. The molecule has 0 unspecified atom stereocenters. The topological polar surface area (TPSA) is 3.24 Å². The van der Waals surface area contributed by atoms with E-state index in [1.54, 1.807) is 0 Å². The van der Waals surface area contributed by atoms with Crippen molar-refractivity contribution in [2.75, 3.05) is 4.90 Å². The van der Waals surface area contributed by atoms with Crippen molar-refractivity contribution in [1.82, 2.24) is 0 Å². The Balaban J connectivity index is 2.12. The van der Waals surface area contributed by atoms with E-state index in [4.69, 9.17) is 0 Å². The third-order valence-electron chi connectivity index (χ3n) is 3.67. The van der Waals surface area contributed by atoms with Crippen molar-refractivity contribution < 1.29 is 0 Å². The summed E-state index contributed by atoms with van der Waals surface area (Å²) in [5, 5.41) is 0. The molecule has 0 aromatic heterocycles. The molecule has 0 radical (unpaired) electrons. The summed E-state index contributed by atoms with van der Waals surface area (Å²) in [5.41, 5.74) is 5.16. The highest BCUT2D eigenvalue weighted by Crippen LogP contribution is 2.33. The number of benzene rings is 2. The molecule has 1 nitrogen and oxygen atoms in total. The van der Waals surface area contributed by atoms with Crippen LogP contribution in [-0.2, 0) is 0 Å². The first-order valence-corrected chi connectivity index (χ1v) is 7.13. The van der Waals surface area contributed by atoms with Gasteiger partial charge >= 0.3 is 0 Å². The van der Waals surface area contributed by atoms with Gasteiger partial charge in [-0.3, -0.25) is 0 Å². The minimum absolute atomic E-state index is 1.14. The molecule has 0 spiro atoms. The molecule has 0 aliphatic heterocycles. The van der Waals surface area contributed by atoms with Gasteiger partial charge in [-0.25, -0.2) is 0 Å². The first-order chi connectivity index (χ1) is 9.86. The molecule has 1 aliphatic rings. The largest absolute Gasteiger partial charge is 0.311 e. The highest BCUT2D eigenvalue weighted by Gasteiger charge is 2.16. The number of anilines is 2. The molecule has 2 aromatic rings. The monoisotopic (exact) mass is 261 g/mol. The van der Waals surface area contributed by atoms with Crippen molar-refractivity contribution in [2.24, 2.45) is 0 Å². The Kier molecular flexibility index (Phi) is 3.69. The van der Waals surface area contributed by atoms with Gasteiger partial charge in [0.25, 0.3) is 0 Å². The molecule has 0 saturated carbocycles. The Morgan fingerprint density at radius 3 is 1.85 bits per heavy atom. The fourth-order valence-corrected chi connectivity index (χ4v) is 2.61. The normalized spacial score (nSPS) is 14.4. The van der Waals surface area contributed by atoms with Crippen LogP contribution in [-0.4, -0.2) is 0 Å². The van der Waals surface area contributed by atoms with E-state index in [1.165, 1.54) is 22.6 Å². The fraction of sp³-hybridized carbons (Fsp3) is 0.158. The van der Waals surface area contributed by atoms with Crippen molar-refractivity contribution in [1.29, 1.82) is 0 Å². The maximum Gasteiger partial charge on any atom is 0.0461 e. The first kappa shape index (κ1) is 12.7. The van der Waals surface area contributed by atoms with Gasteiger partial charge in [-0.2, -0.15) is 0 Å². The Morgan fingerprint density at radius 2 is 1.35 bits per heavy atom. The lowest BCUT2D eigenvalue weighted by Gasteiger charge is -2.29. The van der Waals surface area contributed by atoms with Crippen LogP contribution < -0.4 is 4.90 Å². The average Bonchev–Trinajstić information content (AvgIpc) is 2.52. The number of allylic oxidation sites excluding steroid dienone is 3. The Labute approximate surface area is 120 Å². The van der Waals surface area contributed by atoms with Crippen LogP contribution in [0.5, 0.6) is 0 Å². The lowest BCUT2D eigenvalue weighted by molar-refractivity contribution is 0.923. The first-order valence-electron chi connectivity index (χ1n) is 7.13. The van der Waals surface area contributed by atoms with Gasteiger partial charge in [0.1, 0.15) is 0 Å². The van der Waals surface area contributed by atoms with Crippen molar-refractivity contribution in [3.05, 3.63) is 84.1 Å². The van der Waals surface area contributed by atoms with Crippen LogP contribution in [0.2, 0.25) is 0 Å². The maximum absolute atomic E-state index is 2.34. The fourth-order valence-electron chi connectivity index (χ4n) is 2.61. The SMILES string of the molecule is CC1=C(N(c2ccccc2)c2ccccc2)C=CCC1. The molecule has 1 aliphatic carbocycles. The third kappa shape index (κ3) is 2.53. The van der Waals surface area contributed by atoms with E-state index in [2.05, 4.69) is 84.6 Å². The third-order valence-corrected chi connectivity index (χ3v) is 3.67. The highest BCUT2D eigenvalue weighted by molar-refractivity contribution is 5.70. The Morgan fingerprint density at radius 1 is 0.800 bits per heavy atom. The lowest BCUT2D eigenvalue weighted by Crippen LogP contribution is -2.17. The second-order valence-electron chi connectivity index (χ2n) is 5.11. The van der Waals surface area contributed by atoms with Gasteiger partial charge in [-0.05, 0) is 55.7 Å². The Bertz CT molecular complexity index is 584. The average molecular weight is 261 g/mol. The standard InChI is InChI=1S/C19H19N/c1-16-10-8-9-15-19(16)20(17-11-4-2-5-12-17)18-13-6-3-7-14-18/h2-7,9,11-15H,8,10H2,1H3. The summed E-state index contributed by atoms with van der Waals surface area (Å²) in [5.74, 6) is 0. The molecule has 0 saturated heterocycles. The number of hydrogen-bond donors (Lipinski definition) is 0. The molecule has 0 atom stereocenters. The molecule has 0 heterocycles. The van der Waals surface area contributed by atoms with Crippen LogP contribution in [0, 0.1) is 0 Å². The van der Waals surface area contributed by atoms with E-state index in [-0.39, 0.29) is 0 Å². The zero-order valence-corrected chi connectivity index (χ0v) is 11.8. The summed E-state index contributed by atoms with van der Waals surface area (Å²) >= 11 is 0. The molecule has 0 N–H and O–H groups in total. The van der Waals surface area contributed by atoms with E-state index < -0.39 is 0 Å². The predicted octanol–water partition coefficient (Wildman–Crippen LogP) is 5.45. The van der Waals surface area contributed by atoms with Crippen molar-refractivity contribution in [3.8, 4) is 0 Å². The summed E-state index contributed by atoms with van der Waals surface area (Å²) in [6.07, 6.45) is 6.80. The van der Waals surface area contributed by atoms with Gasteiger partial charge in [-0.1, -0.05) is 42.5 Å². The van der Waals surface area contributed by atoms with Crippen molar-refractivity contribution in [2.45, 2.75) is 19.8 Å². The van der Waals surface area contributed by atoms with Crippen LogP contribution >= 0.6 is 0 Å². The van der Waals surface area contributed by atoms with Gasteiger partial charge < -0.3 is 4.90 Å². The van der Waals surface area contributed by atoms with Crippen LogP contribution in [0.4, 0.5) is 11.4 Å². The lowest BCUT2D eigenvalue weighted by atomic mass is 10.0. The molecule has 100 valence electrons. The van der Waals surface area contributed by atoms with Gasteiger partial charge in [-0.15, -0.1) is 0 Å². The Hall–Kier alpha value is -2.28. The molecule has 3 rings (SSSR count). The number of hydrogen-bond acceptors (Lipinski definition) is 1. The van der Waals surface area contributed by atoms with Crippen LogP contribution in [0.3, 0.4) is 0 Å². The molecular formula is C19H19N. The van der Waals surface area contributed by atoms with E-state index in [9.17, 15) is 0 Å². The van der Waals surface area contributed by atoms with Crippen LogP contribution in [0.25, 0.3) is 0 Å². The van der Waals surface area contributed by atoms with Gasteiger partial charge in [0.15, 0.2) is 0 Å². The predicted molar refractivity (Wildman–Crippen MR) is 86.1 cm³/mol. The minimum atomic E-state index is 1.14. The molecular weight excluding hydrogens is 242 g/mol. The quantitative estimate of drug-likeness (QED) is 0.710. The highest BCUT2D eigenvalue weighted by atomic mass is 15.1. The van der Waals surface area contributed by atoms with E-state index in [0.717, 1.165) is 12.8 Å². The second kappa shape index (κ2) is 5.79. The van der Waals surface area contributed by atoms with E-state index in [1.807, 2.05) is 0 Å². The van der Waals surface area contributed by atoms with E-state index in [0.29, 0.717) is 0 Å². The molecule has 0 amide bonds. The van der Waals surface area contributed by atoms with Gasteiger partial charge in [0, 0.05) is 17.1 Å². The minimum Gasteiger partial charge on any atom is -0.311 e. The molecule has 1 heteroatoms. The summed E-state index contributed by atoms with van der Waals surface area (Å²) in [6.45, 7) is 2.23. The number of para-hydroxylation sites is 2.